The number of ether oxygens (including phenoxy) is 2. The second-order valence-corrected chi connectivity index (χ2v) is 26.6. The first-order chi connectivity index (χ1) is 14.1. The molecule has 6 nitrogen and oxygen atoms in total. The first-order valence-electron chi connectivity index (χ1n) is 10.8. The van der Waals surface area contributed by atoms with Gasteiger partial charge in [-0.1, -0.05) is 34.6 Å². The number of esters is 2. The van der Waals surface area contributed by atoms with Crippen LogP contribution in [0.25, 0.3) is 0 Å². The standard InChI is InChI=1S/C11H24O3Si2.C6H8O2.C5H16OSi2.2CH4/c1-10(2)11(12)13-8-9-16(6,7)14-15(3,4)5;1-4-8-6(7)5(2)3;1-7(2)6-8(3,4)5;;/h1,8-9H2,2-7H3;4H,1-2H2,3H3;7H,1-5H3;2*1H4. The van der Waals surface area contributed by atoms with Crippen LogP contribution in [-0.4, -0.2) is 52.5 Å². The largest absolute Gasteiger partial charge is 0.463 e. The summed E-state index contributed by atoms with van der Waals surface area (Å²) in [7, 11) is -5.07. The third-order valence-corrected chi connectivity index (χ3v) is 13.8. The molecule has 0 fully saturated rings. The van der Waals surface area contributed by atoms with Crippen LogP contribution in [0.5, 0.6) is 0 Å². The Bertz CT molecular complexity index is 618. The summed E-state index contributed by atoms with van der Waals surface area (Å²) < 4.78 is 21.3. The monoisotopic (exact) mass is 552 g/mol. The van der Waals surface area contributed by atoms with Crippen LogP contribution in [0.4, 0.5) is 0 Å². The Morgan fingerprint density at radius 1 is 0.824 bits per heavy atom. The molecule has 0 aliphatic heterocycles. The van der Waals surface area contributed by atoms with Gasteiger partial charge in [-0.25, -0.2) is 9.59 Å². The average Bonchev–Trinajstić information content (AvgIpc) is 2.51. The van der Waals surface area contributed by atoms with E-state index in [1.807, 2.05) is 0 Å². The molecule has 0 spiro atoms. The molecular weight excluding hydrogens is 497 g/mol. The molecule has 0 heterocycles. The van der Waals surface area contributed by atoms with Crippen LogP contribution in [0.1, 0.15) is 28.7 Å². The number of hydrogen-bond donors (Lipinski definition) is 0. The van der Waals surface area contributed by atoms with Gasteiger partial charge in [-0.2, -0.15) is 0 Å². The summed E-state index contributed by atoms with van der Waals surface area (Å²) in [5.74, 6) is -0.738. The molecule has 0 radical (unpaired) electrons. The highest BCUT2D eigenvalue weighted by Crippen LogP contribution is 2.18. The number of hydrogen-bond acceptors (Lipinski definition) is 6. The van der Waals surface area contributed by atoms with E-state index in [9.17, 15) is 9.59 Å². The highest BCUT2D eigenvalue weighted by Gasteiger charge is 2.29. The first kappa shape index (κ1) is 43.1. The zero-order chi connectivity index (χ0) is 26.3. The molecule has 0 atom stereocenters. The molecule has 0 aromatic rings. The maximum atomic E-state index is 11.2. The Morgan fingerprint density at radius 2 is 1.24 bits per heavy atom. The Balaban J connectivity index is -0.000000133. The third-order valence-electron chi connectivity index (χ3n) is 3.00. The lowest BCUT2D eigenvalue weighted by molar-refractivity contribution is -0.138. The highest BCUT2D eigenvalue weighted by molar-refractivity contribution is 6.84. The fourth-order valence-electron chi connectivity index (χ4n) is 2.28. The molecule has 0 amide bonds. The van der Waals surface area contributed by atoms with Crippen molar-refractivity contribution in [2.45, 2.75) is 100 Å². The van der Waals surface area contributed by atoms with Crippen molar-refractivity contribution in [2.24, 2.45) is 0 Å². The van der Waals surface area contributed by atoms with E-state index in [4.69, 9.17) is 13.0 Å². The lowest BCUT2D eigenvalue weighted by Crippen LogP contribution is -2.42. The summed E-state index contributed by atoms with van der Waals surface area (Å²) in [4.78, 5) is 21.5. The lowest BCUT2D eigenvalue weighted by Gasteiger charge is -2.31. The fourth-order valence-corrected chi connectivity index (χ4v) is 15.6. The third kappa shape index (κ3) is 35.5. The van der Waals surface area contributed by atoms with Crippen LogP contribution >= 0.6 is 0 Å². The van der Waals surface area contributed by atoms with Crippen molar-refractivity contribution in [2.75, 3.05) is 6.61 Å². The molecule has 34 heavy (non-hydrogen) atoms. The van der Waals surface area contributed by atoms with Crippen LogP contribution < -0.4 is 0 Å². The van der Waals surface area contributed by atoms with Crippen molar-refractivity contribution in [1.82, 2.24) is 0 Å². The summed E-state index contributed by atoms with van der Waals surface area (Å²) in [6.07, 6.45) is 1.08. The van der Waals surface area contributed by atoms with Crippen molar-refractivity contribution in [3.63, 3.8) is 0 Å². The molecule has 0 N–H and O–H groups in total. The van der Waals surface area contributed by atoms with Crippen molar-refractivity contribution in [1.29, 1.82) is 0 Å². The van der Waals surface area contributed by atoms with Gasteiger partial charge in [-0.05, 0) is 85.4 Å². The fraction of sp³-hybridized carbons (Fsp3) is 0.667. The Labute approximate surface area is 216 Å². The van der Waals surface area contributed by atoms with Crippen molar-refractivity contribution in [3.8, 4) is 0 Å². The smallest absolute Gasteiger partial charge is 0.337 e. The maximum Gasteiger partial charge on any atom is 0.337 e. The molecule has 0 rings (SSSR count). The molecule has 0 saturated carbocycles. The molecule has 0 unspecified atom stereocenters. The minimum atomic E-state index is -1.69. The summed E-state index contributed by atoms with van der Waals surface area (Å²) in [5, 5.41) is 0. The molecule has 10 heteroatoms. The molecular formula is C24H56O6Si4. The molecule has 0 bridgehead atoms. The first-order valence-corrected chi connectivity index (χ1v) is 23.5. The van der Waals surface area contributed by atoms with Crippen LogP contribution in [0.15, 0.2) is 37.1 Å². The normalized spacial score (nSPS) is 10.6. The van der Waals surface area contributed by atoms with Crippen molar-refractivity contribution >= 4 is 45.9 Å². The molecule has 0 aromatic carbocycles. The Kier molecular flexibility index (Phi) is 25.5. The van der Waals surface area contributed by atoms with Crippen LogP contribution in [0.3, 0.4) is 0 Å². The predicted octanol–water partition coefficient (Wildman–Crippen LogP) is 7.51. The van der Waals surface area contributed by atoms with E-state index in [1.165, 1.54) is 0 Å². The second kappa shape index (κ2) is 20.2. The van der Waals surface area contributed by atoms with Gasteiger partial charge in [0.1, 0.15) is 0 Å². The van der Waals surface area contributed by atoms with Gasteiger partial charge in [0.15, 0.2) is 34.0 Å². The molecule has 204 valence electrons. The summed E-state index contributed by atoms with van der Waals surface area (Å²) in [5.41, 5.74) is 0.829. The number of rotatable bonds is 10. The summed E-state index contributed by atoms with van der Waals surface area (Å²) in [6, 6.07) is 0.844. The van der Waals surface area contributed by atoms with Gasteiger partial charge in [0.25, 0.3) is 0 Å². The van der Waals surface area contributed by atoms with Crippen LogP contribution in [-0.2, 0) is 27.3 Å². The van der Waals surface area contributed by atoms with Crippen molar-refractivity contribution < 1.29 is 27.3 Å². The summed E-state index contributed by atoms with van der Waals surface area (Å²) in [6.45, 7) is 35.8. The minimum Gasteiger partial charge on any atom is -0.463 e. The van der Waals surface area contributed by atoms with E-state index >= 15 is 0 Å². The van der Waals surface area contributed by atoms with Gasteiger partial charge in [-0.15, -0.1) is 0 Å². The minimum absolute atomic E-state index is 0. The second-order valence-electron chi connectivity index (χ2n) is 10.3. The van der Waals surface area contributed by atoms with E-state index in [1.54, 1.807) is 13.8 Å². The van der Waals surface area contributed by atoms with Gasteiger partial charge in [0.2, 0.25) is 0 Å². The van der Waals surface area contributed by atoms with Gasteiger partial charge >= 0.3 is 11.9 Å². The van der Waals surface area contributed by atoms with Crippen molar-refractivity contribution in [3.05, 3.63) is 37.1 Å². The van der Waals surface area contributed by atoms with E-state index in [0.29, 0.717) is 17.8 Å². The lowest BCUT2D eigenvalue weighted by atomic mass is 10.4. The molecule has 0 aromatic heterocycles. The highest BCUT2D eigenvalue weighted by atomic mass is 28.4. The SMILES string of the molecule is C.C.C=C(C)C(=O)OCC[Si](C)(C)O[Si](C)(C)C.C=COC(=O)C(=C)C.C[SiH](C)O[Si](C)(C)C. The number of carbonyl (C=O) groups excluding carboxylic acids is 2. The van der Waals surface area contributed by atoms with Gasteiger partial charge in [-0.3, -0.25) is 0 Å². The van der Waals surface area contributed by atoms with E-state index in [0.717, 1.165) is 12.3 Å². The van der Waals surface area contributed by atoms with E-state index < -0.39 is 40.0 Å². The van der Waals surface area contributed by atoms with E-state index in [2.05, 4.69) is 89.9 Å². The molecule has 0 saturated heterocycles. The van der Waals surface area contributed by atoms with Crippen LogP contribution in [0, 0.1) is 0 Å². The number of carbonyl (C=O) groups is 2. The van der Waals surface area contributed by atoms with Gasteiger partial charge in [0.05, 0.1) is 12.9 Å². The summed E-state index contributed by atoms with van der Waals surface area (Å²) >= 11 is 0. The molecule has 0 aliphatic rings. The molecule has 0 aliphatic carbocycles. The average molecular weight is 553 g/mol. The zero-order valence-electron chi connectivity index (χ0n) is 22.6. The van der Waals surface area contributed by atoms with Gasteiger partial charge < -0.3 is 17.7 Å². The Hall–Kier alpha value is -1.05. The topological polar surface area (TPSA) is 71.1 Å². The maximum absolute atomic E-state index is 11.2. The zero-order valence-corrected chi connectivity index (χ0v) is 26.8. The quantitative estimate of drug-likeness (QED) is 0.121. The van der Waals surface area contributed by atoms with Gasteiger partial charge in [0, 0.05) is 11.1 Å². The predicted molar refractivity (Wildman–Crippen MR) is 160 cm³/mol. The van der Waals surface area contributed by atoms with E-state index in [-0.39, 0.29) is 20.8 Å². The van der Waals surface area contributed by atoms with Crippen LogP contribution in [0.2, 0.25) is 71.5 Å². The Morgan fingerprint density at radius 3 is 1.44 bits per heavy atom.